The largest absolute Gasteiger partial charge is 0.508 e. The fourth-order valence-corrected chi connectivity index (χ4v) is 3.36. The van der Waals surface area contributed by atoms with Gasteiger partial charge in [-0.25, -0.2) is 4.39 Å². The quantitative estimate of drug-likeness (QED) is 0.850. The van der Waals surface area contributed by atoms with Gasteiger partial charge in [0.1, 0.15) is 11.6 Å². The maximum atomic E-state index is 13.9. The van der Waals surface area contributed by atoms with E-state index < -0.39 is 5.41 Å². The highest BCUT2D eigenvalue weighted by Crippen LogP contribution is 2.48. The van der Waals surface area contributed by atoms with Crippen LogP contribution in [0.5, 0.6) is 5.75 Å². The third-order valence-corrected chi connectivity index (χ3v) is 4.56. The average molecular weight is 309 g/mol. The van der Waals surface area contributed by atoms with Crippen LogP contribution in [0.15, 0.2) is 79.1 Å². The molecule has 2 nitrogen and oxygen atoms in total. The Morgan fingerprint density at radius 3 is 2.91 bits per heavy atom. The van der Waals surface area contributed by atoms with E-state index in [2.05, 4.69) is 17.6 Å². The van der Waals surface area contributed by atoms with Crippen LogP contribution in [-0.4, -0.2) is 23.6 Å². The smallest absolute Gasteiger partial charge is 0.123 e. The molecule has 2 aliphatic rings. The first-order valence-electron chi connectivity index (χ1n) is 7.64. The van der Waals surface area contributed by atoms with Crippen molar-refractivity contribution in [2.24, 2.45) is 5.92 Å². The van der Waals surface area contributed by atoms with Crippen molar-refractivity contribution in [1.82, 2.24) is 4.90 Å². The van der Waals surface area contributed by atoms with E-state index in [0.29, 0.717) is 5.56 Å². The van der Waals surface area contributed by atoms with Crippen LogP contribution in [0, 0.1) is 11.7 Å². The van der Waals surface area contributed by atoms with Gasteiger partial charge in [0, 0.05) is 25.1 Å². The maximum absolute atomic E-state index is 13.9. The molecule has 0 bridgehead atoms. The first kappa shape index (κ1) is 15.3. The van der Waals surface area contributed by atoms with E-state index >= 15 is 0 Å². The molecule has 1 heterocycles. The van der Waals surface area contributed by atoms with Crippen LogP contribution in [0.1, 0.15) is 5.56 Å². The fourth-order valence-electron chi connectivity index (χ4n) is 3.36. The van der Waals surface area contributed by atoms with Gasteiger partial charge in [-0.1, -0.05) is 36.5 Å². The summed E-state index contributed by atoms with van der Waals surface area (Å²) in [5.41, 5.74) is 0.936. The van der Waals surface area contributed by atoms with E-state index in [4.69, 9.17) is 0 Å². The van der Waals surface area contributed by atoms with E-state index in [1.54, 1.807) is 0 Å². The lowest BCUT2D eigenvalue weighted by Crippen LogP contribution is -2.36. The Hall–Kier alpha value is -2.55. The molecule has 3 rings (SSSR count). The van der Waals surface area contributed by atoms with Gasteiger partial charge in [0.05, 0.1) is 5.41 Å². The Morgan fingerprint density at radius 1 is 1.39 bits per heavy atom. The topological polar surface area (TPSA) is 23.5 Å². The summed E-state index contributed by atoms with van der Waals surface area (Å²) < 4.78 is 13.9. The van der Waals surface area contributed by atoms with Gasteiger partial charge in [0.25, 0.3) is 0 Å². The van der Waals surface area contributed by atoms with Crippen LogP contribution < -0.4 is 0 Å². The van der Waals surface area contributed by atoms with Crippen molar-refractivity contribution in [3.05, 3.63) is 90.5 Å². The molecule has 3 heteroatoms. The molecule has 0 radical (unpaired) electrons. The molecule has 1 N–H and O–H groups in total. The fraction of sp³-hybridized carbons (Fsp3) is 0.200. The SMILES string of the molecule is C=CC1C=CC=CC1(C1=CCN(C)C=C1)c1cc(F)ccc1O. The number of hydrogen-bond donors (Lipinski definition) is 1. The van der Waals surface area contributed by atoms with Gasteiger partial charge in [0.2, 0.25) is 0 Å². The number of allylic oxidation sites excluding steroid dienone is 7. The van der Waals surface area contributed by atoms with Gasteiger partial charge >= 0.3 is 0 Å². The molecule has 2 atom stereocenters. The third kappa shape index (κ3) is 2.52. The summed E-state index contributed by atoms with van der Waals surface area (Å²) in [5, 5.41) is 10.4. The molecule has 0 spiro atoms. The first-order chi connectivity index (χ1) is 11.1. The van der Waals surface area contributed by atoms with Gasteiger partial charge in [0.15, 0.2) is 0 Å². The van der Waals surface area contributed by atoms with Crippen molar-refractivity contribution in [2.75, 3.05) is 13.6 Å². The summed E-state index contributed by atoms with van der Waals surface area (Å²) in [7, 11) is 2.00. The van der Waals surface area contributed by atoms with Crippen LogP contribution >= 0.6 is 0 Å². The lowest BCUT2D eigenvalue weighted by Gasteiger charge is -2.40. The standard InChI is InChI=1S/C20H20FNO/c1-3-15-6-4-5-11-20(15,16-9-12-22(2)13-10-16)18-14-17(21)7-8-19(18)23/h3-12,14-15,23H,1,13H2,2H3. The van der Waals surface area contributed by atoms with Crippen molar-refractivity contribution in [3.8, 4) is 5.75 Å². The van der Waals surface area contributed by atoms with Crippen LogP contribution in [0.25, 0.3) is 0 Å². The second kappa shape index (κ2) is 5.92. The Balaban J connectivity index is 2.25. The van der Waals surface area contributed by atoms with Crippen LogP contribution in [0.4, 0.5) is 4.39 Å². The lowest BCUT2D eigenvalue weighted by atomic mass is 9.63. The number of halogens is 1. The molecule has 23 heavy (non-hydrogen) atoms. The Bertz CT molecular complexity index is 744. The molecular formula is C20H20FNO. The average Bonchev–Trinajstić information content (AvgIpc) is 2.57. The van der Waals surface area contributed by atoms with Crippen LogP contribution in [-0.2, 0) is 5.41 Å². The second-order valence-corrected chi connectivity index (χ2v) is 5.95. The summed E-state index contributed by atoms with van der Waals surface area (Å²) >= 11 is 0. The minimum Gasteiger partial charge on any atom is -0.508 e. The number of likely N-dealkylation sites (N-methyl/N-ethyl adjacent to an activating group) is 1. The first-order valence-corrected chi connectivity index (χ1v) is 7.64. The van der Waals surface area contributed by atoms with Crippen molar-refractivity contribution >= 4 is 0 Å². The van der Waals surface area contributed by atoms with Gasteiger partial charge in [-0.15, -0.1) is 6.58 Å². The predicted molar refractivity (Wildman–Crippen MR) is 91.6 cm³/mol. The van der Waals surface area contributed by atoms with E-state index in [1.165, 1.54) is 18.2 Å². The highest BCUT2D eigenvalue weighted by Gasteiger charge is 2.41. The monoisotopic (exact) mass is 309 g/mol. The molecule has 1 aliphatic heterocycles. The molecule has 1 aliphatic carbocycles. The highest BCUT2D eigenvalue weighted by molar-refractivity contribution is 5.57. The van der Waals surface area contributed by atoms with Gasteiger partial charge in [-0.05, 0) is 36.0 Å². The van der Waals surface area contributed by atoms with E-state index in [9.17, 15) is 9.50 Å². The Labute approximate surface area is 136 Å². The van der Waals surface area contributed by atoms with Gasteiger partial charge in [-0.3, -0.25) is 0 Å². The van der Waals surface area contributed by atoms with Crippen LogP contribution in [0.3, 0.4) is 0 Å². The number of rotatable bonds is 3. The number of hydrogen-bond acceptors (Lipinski definition) is 2. The molecule has 0 fully saturated rings. The normalized spacial score (nSPS) is 26.3. The van der Waals surface area contributed by atoms with Crippen molar-refractivity contribution in [3.63, 3.8) is 0 Å². The summed E-state index contributed by atoms with van der Waals surface area (Å²) in [5.74, 6) is -0.341. The number of benzene rings is 1. The van der Waals surface area contributed by atoms with Crippen molar-refractivity contribution in [1.29, 1.82) is 0 Å². The maximum Gasteiger partial charge on any atom is 0.123 e. The van der Waals surface area contributed by atoms with Gasteiger partial charge < -0.3 is 10.0 Å². The Morgan fingerprint density at radius 2 is 2.22 bits per heavy atom. The summed E-state index contributed by atoms with van der Waals surface area (Å²) in [4.78, 5) is 2.06. The highest BCUT2D eigenvalue weighted by atomic mass is 19.1. The predicted octanol–water partition coefficient (Wildman–Crippen LogP) is 4.08. The molecule has 0 aromatic heterocycles. The number of nitrogens with zero attached hydrogens (tertiary/aromatic N) is 1. The zero-order valence-electron chi connectivity index (χ0n) is 13.1. The van der Waals surface area contributed by atoms with Gasteiger partial charge in [-0.2, -0.15) is 0 Å². The summed E-state index contributed by atoms with van der Waals surface area (Å²) in [6, 6.07) is 4.11. The zero-order chi connectivity index (χ0) is 16.4. The minimum absolute atomic E-state index is 0.0699. The molecule has 1 aromatic rings. The van der Waals surface area contributed by atoms with E-state index in [1.807, 2.05) is 49.7 Å². The molecule has 0 saturated carbocycles. The number of phenols is 1. The molecule has 0 amide bonds. The summed E-state index contributed by atoms with van der Waals surface area (Å²) in [6.07, 6.45) is 15.9. The molecule has 0 saturated heterocycles. The molecule has 118 valence electrons. The molecular weight excluding hydrogens is 289 g/mol. The number of aromatic hydroxyl groups is 1. The minimum atomic E-state index is -0.652. The third-order valence-electron chi connectivity index (χ3n) is 4.56. The van der Waals surface area contributed by atoms with E-state index in [0.717, 1.165) is 12.1 Å². The van der Waals surface area contributed by atoms with Crippen LogP contribution in [0.2, 0.25) is 0 Å². The lowest BCUT2D eigenvalue weighted by molar-refractivity contribution is 0.431. The Kier molecular flexibility index (Phi) is 3.95. The zero-order valence-corrected chi connectivity index (χ0v) is 13.1. The number of phenolic OH excluding ortho intramolecular Hbond substituents is 1. The van der Waals surface area contributed by atoms with Crippen molar-refractivity contribution < 1.29 is 9.50 Å². The summed E-state index contributed by atoms with van der Waals surface area (Å²) in [6.45, 7) is 4.71. The molecule has 1 aromatic carbocycles. The van der Waals surface area contributed by atoms with Crippen molar-refractivity contribution in [2.45, 2.75) is 5.41 Å². The molecule has 2 unspecified atom stereocenters. The second-order valence-electron chi connectivity index (χ2n) is 5.95. The van der Waals surface area contributed by atoms with E-state index in [-0.39, 0.29) is 17.5 Å².